The van der Waals surface area contributed by atoms with E-state index in [1.54, 1.807) is 23.1 Å². The number of hydrogen-bond acceptors (Lipinski definition) is 8. The van der Waals surface area contributed by atoms with Gasteiger partial charge in [-0.05, 0) is 37.1 Å². The molecule has 0 bridgehead atoms. The molecule has 0 spiro atoms. The first-order valence-electron chi connectivity index (χ1n) is 11.4. The molecule has 2 heterocycles. The van der Waals surface area contributed by atoms with E-state index >= 15 is 0 Å². The molecule has 2 fully saturated rings. The highest BCUT2D eigenvalue weighted by atomic mass is 35.5. The minimum absolute atomic E-state index is 0.0274. The number of rotatable bonds is 7. The normalized spacial score (nSPS) is 17.7. The Kier molecular flexibility index (Phi) is 8.36. The maximum Gasteiger partial charge on any atom is 0.309 e. The molecule has 0 aliphatic carbocycles. The second-order valence-electron chi connectivity index (χ2n) is 8.53. The van der Waals surface area contributed by atoms with Crippen LogP contribution in [-0.2, 0) is 30.9 Å². The Morgan fingerprint density at radius 3 is 2.42 bits per heavy atom. The number of benzene rings is 2. The van der Waals surface area contributed by atoms with Crippen LogP contribution in [0.5, 0.6) is 0 Å². The van der Waals surface area contributed by atoms with Crippen molar-refractivity contribution in [1.29, 1.82) is 0 Å². The van der Waals surface area contributed by atoms with Gasteiger partial charge in [-0.3, -0.25) is 14.9 Å². The van der Waals surface area contributed by atoms with Crippen molar-refractivity contribution in [3.63, 3.8) is 0 Å². The zero-order chi connectivity index (χ0) is 25.9. The van der Waals surface area contributed by atoms with Crippen LogP contribution >= 0.6 is 23.2 Å². The van der Waals surface area contributed by atoms with Crippen LogP contribution in [0.2, 0.25) is 10.0 Å². The number of esters is 1. The van der Waals surface area contributed by atoms with E-state index in [0.717, 1.165) is 6.07 Å². The van der Waals surface area contributed by atoms with Gasteiger partial charge >= 0.3 is 5.97 Å². The van der Waals surface area contributed by atoms with E-state index in [1.807, 2.05) is 0 Å². The highest BCUT2D eigenvalue weighted by Crippen LogP contribution is 2.35. The molecule has 2 aromatic carbocycles. The molecule has 0 unspecified atom stereocenters. The second kappa shape index (κ2) is 11.3. The lowest BCUT2D eigenvalue weighted by Crippen LogP contribution is -2.40. The van der Waals surface area contributed by atoms with E-state index in [9.17, 15) is 23.3 Å². The van der Waals surface area contributed by atoms with Crippen molar-refractivity contribution < 1.29 is 27.6 Å². The van der Waals surface area contributed by atoms with Gasteiger partial charge in [0.15, 0.2) is 0 Å². The Balaban J connectivity index is 1.41. The summed E-state index contributed by atoms with van der Waals surface area (Å²) in [5.74, 6) is -0.713. The number of nitrogens with zero attached hydrogens (tertiary/aromatic N) is 3. The average Bonchev–Trinajstić information content (AvgIpc) is 2.88. The third-order valence-electron chi connectivity index (χ3n) is 6.31. The molecular weight excluding hydrogens is 533 g/mol. The number of nitro benzene ring substituents is 1. The number of morpholine rings is 1. The zero-order valence-electron chi connectivity index (χ0n) is 19.3. The summed E-state index contributed by atoms with van der Waals surface area (Å²) in [5.41, 5.74) is 0.679. The number of sulfonamides is 1. The van der Waals surface area contributed by atoms with Gasteiger partial charge in [0.25, 0.3) is 5.69 Å². The van der Waals surface area contributed by atoms with E-state index in [-0.39, 0.29) is 55.4 Å². The SMILES string of the molecule is O=C(OCc1ccc(Cl)cc1Cl)C1CCN(c2ccc(S(=O)(=O)N3CCOCC3)cc2[N+](=O)[O-])CC1. The summed E-state index contributed by atoms with van der Waals surface area (Å²) in [6.07, 6.45) is 0.885. The summed E-state index contributed by atoms with van der Waals surface area (Å²) >= 11 is 12.0. The van der Waals surface area contributed by atoms with Crippen molar-refractivity contribution >= 4 is 50.6 Å². The van der Waals surface area contributed by atoms with Crippen LogP contribution in [0.4, 0.5) is 11.4 Å². The van der Waals surface area contributed by atoms with Crippen LogP contribution in [0.1, 0.15) is 18.4 Å². The lowest BCUT2D eigenvalue weighted by molar-refractivity contribution is -0.384. The fourth-order valence-electron chi connectivity index (χ4n) is 4.27. The van der Waals surface area contributed by atoms with Crippen molar-refractivity contribution in [3.05, 3.63) is 62.1 Å². The first-order chi connectivity index (χ1) is 17.2. The smallest absolute Gasteiger partial charge is 0.309 e. The van der Waals surface area contributed by atoms with E-state index in [4.69, 9.17) is 32.7 Å². The fourth-order valence-corrected chi connectivity index (χ4v) is 6.17. The third kappa shape index (κ3) is 5.92. The number of anilines is 1. The molecule has 36 heavy (non-hydrogen) atoms. The summed E-state index contributed by atoms with van der Waals surface area (Å²) in [6, 6.07) is 8.91. The fraction of sp³-hybridized carbons (Fsp3) is 0.435. The Bertz CT molecular complexity index is 1240. The van der Waals surface area contributed by atoms with E-state index < -0.39 is 14.9 Å². The second-order valence-corrected chi connectivity index (χ2v) is 11.3. The van der Waals surface area contributed by atoms with E-state index in [0.29, 0.717) is 47.2 Å². The van der Waals surface area contributed by atoms with Crippen LogP contribution in [-0.4, -0.2) is 63.0 Å². The molecule has 0 N–H and O–H groups in total. The molecule has 2 aromatic rings. The number of halogens is 2. The van der Waals surface area contributed by atoms with Crippen LogP contribution < -0.4 is 4.90 Å². The van der Waals surface area contributed by atoms with Crippen molar-refractivity contribution in [1.82, 2.24) is 4.31 Å². The molecule has 0 amide bonds. The van der Waals surface area contributed by atoms with Gasteiger partial charge in [0.1, 0.15) is 12.3 Å². The number of nitro groups is 1. The Labute approximate surface area is 218 Å². The summed E-state index contributed by atoms with van der Waals surface area (Å²) in [4.78, 5) is 25.5. The number of carbonyl (C=O) groups is 1. The van der Waals surface area contributed by atoms with Crippen LogP contribution in [0.3, 0.4) is 0 Å². The van der Waals surface area contributed by atoms with Crippen LogP contribution in [0.25, 0.3) is 0 Å². The van der Waals surface area contributed by atoms with Gasteiger partial charge in [0.05, 0.1) is 29.0 Å². The monoisotopic (exact) mass is 557 g/mol. The summed E-state index contributed by atoms with van der Waals surface area (Å²) < 4.78 is 37.8. The van der Waals surface area contributed by atoms with Gasteiger partial charge in [-0.1, -0.05) is 29.3 Å². The number of piperidine rings is 1. The molecule has 0 atom stereocenters. The third-order valence-corrected chi connectivity index (χ3v) is 8.79. The predicted molar refractivity (Wildman–Crippen MR) is 134 cm³/mol. The maximum atomic E-state index is 12.9. The van der Waals surface area contributed by atoms with Crippen molar-refractivity contribution in [2.75, 3.05) is 44.3 Å². The van der Waals surface area contributed by atoms with Gasteiger partial charge in [0, 0.05) is 47.9 Å². The van der Waals surface area contributed by atoms with Crippen molar-refractivity contribution in [2.45, 2.75) is 24.3 Å². The number of ether oxygens (including phenoxy) is 2. The van der Waals surface area contributed by atoms with Crippen molar-refractivity contribution in [3.8, 4) is 0 Å². The Morgan fingerprint density at radius 2 is 1.78 bits per heavy atom. The lowest BCUT2D eigenvalue weighted by Gasteiger charge is -2.32. The Morgan fingerprint density at radius 1 is 1.08 bits per heavy atom. The predicted octanol–water partition coefficient (Wildman–Crippen LogP) is 3.88. The molecule has 0 aromatic heterocycles. The quantitative estimate of drug-likeness (QED) is 0.285. The van der Waals surface area contributed by atoms with Crippen molar-refractivity contribution in [2.24, 2.45) is 5.92 Å². The lowest BCUT2D eigenvalue weighted by atomic mass is 9.96. The molecule has 13 heteroatoms. The summed E-state index contributed by atoms with van der Waals surface area (Å²) in [6.45, 7) is 1.76. The number of carbonyl (C=O) groups excluding carboxylic acids is 1. The van der Waals surface area contributed by atoms with E-state index in [2.05, 4.69) is 0 Å². The molecule has 2 aliphatic rings. The minimum atomic E-state index is -3.87. The molecule has 2 aliphatic heterocycles. The topological polar surface area (TPSA) is 119 Å². The molecule has 10 nitrogen and oxygen atoms in total. The zero-order valence-corrected chi connectivity index (χ0v) is 21.6. The molecular formula is C23H25Cl2N3O7S. The highest BCUT2D eigenvalue weighted by Gasteiger charge is 2.32. The maximum absolute atomic E-state index is 12.9. The van der Waals surface area contributed by atoms with Gasteiger partial charge in [-0.25, -0.2) is 8.42 Å². The Hall–Kier alpha value is -2.44. The van der Waals surface area contributed by atoms with Gasteiger partial charge in [0.2, 0.25) is 10.0 Å². The first kappa shape index (κ1) is 26.6. The average molecular weight is 558 g/mol. The summed E-state index contributed by atoms with van der Waals surface area (Å²) in [7, 11) is -3.87. The molecule has 4 rings (SSSR count). The molecule has 0 radical (unpaired) electrons. The standard InChI is InChI=1S/C23H25Cl2N3O7S/c24-18-2-1-17(20(25)13-18)15-35-23(29)16-5-7-26(8-6-16)21-4-3-19(14-22(21)28(30)31)36(32,33)27-9-11-34-12-10-27/h1-4,13-14,16H,5-12,15H2. The van der Waals surface area contributed by atoms with Crippen LogP contribution in [0.15, 0.2) is 41.3 Å². The largest absolute Gasteiger partial charge is 0.461 e. The number of hydrogen-bond donors (Lipinski definition) is 0. The van der Waals surface area contributed by atoms with E-state index in [1.165, 1.54) is 16.4 Å². The molecule has 194 valence electrons. The van der Waals surface area contributed by atoms with Gasteiger partial charge in [-0.2, -0.15) is 4.31 Å². The molecule has 0 saturated carbocycles. The first-order valence-corrected chi connectivity index (χ1v) is 13.6. The highest BCUT2D eigenvalue weighted by molar-refractivity contribution is 7.89. The van der Waals surface area contributed by atoms with Gasteiger partial charge in [-0.15, -0.1) is 0 Å². The summed E-state index contributed by atoms with van der Waals surface area (Å²) in [5, 5.41) is 12.7. The van der Waals surface area contributed by atoms with Crippen LogP contribution in [0, 0.1) is 16.0 Å². The molecule has 2 saturated heterocycles. The van der Waals surface area contributed by atoms with Gasteiger partial charge < -0.3 is 14.4 Å². The minimum Gasteiger partial charge on any atom is -0.461 e.